The Morgan fingerprint density at radius 1 is 1.43 bits per heavy atom. The van der Waals surface area contributed by atoms with Crippen LogP contribution in [-0.2, 0) is 12.6 Å². The summed E-state index contributed by atoms with van der Waals surface area (Å²) in [5, 5.41) is 20.3. The zero-order valence-corrected chi connectivity index (χ0v) is 14.5. The fourth-order valence-electron chi connectivity index (χ4n) is 3.29. The molecule has 3 N–H and O–H groups in total. The molecule has 2 amide bonds. The highest BCUT2D eigenvalue weighted by molar-refractivity contribution is 5.74. The fraction of sp³-hybridized carbons (Fsp3) is 0.765. The van der Waals surface area contributed by atoms with Crippen LogP contribution in [0.15, 0.2) is 12.4 Å². The summed E-state index contributed by atoms with van der Waals surface area (Å²) >= 11 is 0. The van der Waals surface area contributed by atoms with Crippen molar-refractivity contribution in [2.75, 3.05) is 6.54 Å². The number of urea groups is 1. The smallest absolute Gasteiger partial charge is 0.315 e. The lowest BCUT2D eigenvalue weighted by atomic mass is 9.83. The largest absolute Gasteiger partial charge is 0.383 e. The van der Waals surface area contributed by atoms with Gasteiger partial charge in [-0.25, -0.2) is 4.79 Å². The minimum atomic E-state index is -1.12. The molecule has 130 valence electrons. The molecule has 6 heteroatoms. The van der Waals surface area contributed by atoms with Crippen LogP contribution in [0.3, 0.4) is 0 Å². The molecule has 1 atom stereocenters. The average Bonchev–Trinajstić information content (AvgIpc) is 2.95. The van der Waals surface area contributed by atoms with E-state index in [4.69, 9.17) is 0 Å². The summed E-state index contributed by atoms with van der Waals surface area (Å²) in [4.78, 5) is 12.0. The average molecular weight is 322 g/mol. The van der Waals surface area contributed by atoms with Crippen LogP contribution in [-0.4, -0.2) is 33.5 Å². The Labute approximate surface area is 138 Å². The van der Waals surface area contributed by atoms with Gasteiger partial charge < -0.3 is 15.7 Å². The highest BCUT2D eigenvalue weighted by atomic mass is 16.3. The molecular formula is C17H30N4O2. The van der Waals surface area contributed by atoms with E-state index in [0.29, 0.717) is 5.56 Å². The molecule has 0 spiro atoms. The van der Waals surface area contributed by atoms with E-state index in [1.54, 1.807) is 31.0 Å². The van der Waals surface area contributed by atoms with E-state index in [2.05, 4.69) is 22.7 Å². The SMILES string of the molecule is CCCC1CCC(NC(=O)NCC(C)(O)c2cnn(C)c2)CC1. The van der Waals surface area contributed by atoms with Gasteiger partial charge in [0.15, 0.2) is 0 Å². The van der Waals surface area contributed by atoms with E-state index in [9.17, 15) is 9.90 Å². The molecule has 0 aromatic carbocycles. The second-order valence-corrected chi connectivity index (χ2v) is 7.01. The number of aromatic nitrogens is 2. The van der Waals surface area contributed by atoms with Gasteiger partial charge in [0.2, 0.25) is 0 Å². The van der Waals surface area contributed by atoms with E-state index in [-0.39, 0.29) is 18.6 Å². The van der Waals surface area contributed by atoms with Crippen LogP contribution in [0.1, 0.15) is 57.9 Å². The quantitative estimate of drug-likeness (QED) is 0.752. The summed E-state index contributed by atoms with van der Waals surface area (Å²) in [7, 11) is 1.80. The van der Waals surface area contributed by atoms with Gasteiger partial charge in [-0.3, -0.25) is 4.68 Å². The van der Waals surface area contributed by atoms with Gasteiger partial charge in [-0.15, -0.1) is 0 Å². The molecular weight excluding hydrogens is 292 g/mol. The third kappa shape index (κ3) is 5.23. The lowest BCUT2D eigenvalue weighted by Crippen LogP contribution is -2.47. The molecule has 0 saturated heterocycles. The Morgan fingerprint density at radius 3 is 2.70 bits per heavy atom. The first kappa shape index (κ1) is 17.8. The second-order valence-electron chi connectivity index (χ2n) is 7.01. The highest BCUT2D eigenvalue weighted by Crippen LogP contribution is 2.27. The summed E-state index contributed by atoms with van der Waals surface area (Å²) in [6.45, 7) is 4.07. The molecule has 2 rings (SSSR count). The maximum absolute atomic E-state index is 12.0. The van der Waals surface area contributed by atoms with Crippen LogP contribution in [0.25, 0.3) is 0 Å². The number of hydrogen-bond donors (Lipinski definition) is 3. The highest BCUT2D eigenvalue weighted by Gasteiger charge is 2.26. The van der Waals surface area contributed by atoms with E-state index in [1.807, 2.05) is 0 Å². The maximum atomic E-state index is 12.0. The van der Waals surface area contributed by atoms with Crippen molar-refractivity contribution < 1.29 is 9.90 Å². The van der Waals surface area contributed by atoms with E-state index >= 15 is 0 Å². The molecule has 1 aliphatic carbocycles. The van der Waals surface area contributed by atoms with Crippen molar-refractivity contribution in [2.24, 2.45) is 13.0 Å². The summed E-state index contributed by atoms with van der Waals surface area (Å²) in [5.74, 6) is 0.826. The van der Waals surface area contributed by atoms with Crippen molar-refractivity contribution in [1.82, 2.24) is 20.4 Å². The number of rotatable bonds is 6. The summed E-state index contributed by atoms with van der Waals surface area (Å²) in [6.07, 6.45) is 10.4. The number of nitrogens with one attached hydrogen (secondary N) is 2. The summed E-state index contributed by atoms with van der Waals surface area (Å²) in [6, 6.07) is 0.0551. The number of carbonyl (C=O) groups is 1. The number of nitrogens with zero attached hydrogens (tertiary/aromatic N) is 2. The lowest BCUT2D eigenvalue weighted by molar-refractivity contribution is 0.0591. The standard InChI is InChI=1S/C17H30N4O2/c1-4-5-13-6-8-15(9-7-13)20-16(22)18-12-17(2,23)14-10-19-21(3)11-14/h10-11,13,15,23H,4-9,12H2,1-3H3,(H2,18,20,22). The number of hydrogen-bond acceptors (Lipinski definition) is 3. The lowest BCUT2D eigenvalue weighted by Gasteiger charge is -2.29. The van der Waals surface area contributed by atoms with Crippen molar-refractivity contribution in [1.29, 1.82) is 0 Å². The fourth-order valence-corrected chi connectivity index (χ4v) is 3.29. The van der Waals surface area contributed by atoms with Gasteiger partial charge in [-0.2, -0.15) is 5.10 Å². The minimum absolute atomic E-state index is 0.162. The third-order valence-corrected chi connectivity index (χ3v) is 4.80. The zero-order valence-electron chi connectivity index (χ0n) is 14.5. The number of aryl methyl sites for hydroxylation is 1. The van der Waals surface area contributed by atoms with Crippen LogP contribution in [0.5, 0.6) is 0 Å². The molecule has 1 unspecified atom stereocenters. The van der Waals surface area contributed by atoms with Gasteiger partial charge >= 0.3 is 6.03 Å². The Hall–Kier alpha value is -1.56. The molecule has 1 aliphatic rings. The van der Waals surface area contributed by atoms with E-state index in [1.165, 1.54) is 25.7 Å². The predicted molar refractivity (Wildman–Crippen MR) is 90.0 cm³/mol. The van der Waals surface area contributed by atoms with Crippen molar-refractivity contribution in [3.8, 4) is 0 Å². The van der Waals surface area contributed by atoms with Crippen molar-refractivity contribution in [3.63, 3.8) is 0 Å². The Kier molecular flexibility index (Phi) is 6.04. The number of amides is 2. The molecule has 1 saturated carbocycles. The van der Waals surface area contributed by atoms with Crippen LogP contribution in [0, 0.1) is 5.92 Å². The monoisotopic (exact) mass is 322 g/mol. The molecule has 0 radical (unpaired) electrons. The first-order chi connectivity index (χ1) is 10.9. The molecule has 1 aromatic rings. The first-order valence-electron chi connectivity index (χ1n) is 8.66. The van der Waals surface area contributed by atoms with Crippen LogP contribution in [0.4, 0.5) is 4.79 Å². The van der Waals surface area contributed by atoms with E-state index in [0.717, 1.165) is 18.8 Å². The Balaban J connectivity index is 1.73. The van der Waals surface area contributed by atoms with Crippen LogP contribution < -0.4 is 10.6 Å². The normalized spacial score (nSPS) is 24.0. The zero-order chi connectivity index (χ0) is 16.9. The van der Waals surface area contributed by atoms with Crippen molar-refractivity contribution in [2.45, 2.75) is 64.0 Å². The summed E-state index contributed by atoms with van der Waals surface area (Å²) in [5.41, 5.74) is -0.426. The number of carbonyl (C=O) groups excluding carboxylic acids is 1. The molecule has 1 aromatic heterocycles. The first-order valence-corrected chi connectivity index (χ1v) is 8.66. The van der Waals surface area contributed by atoms with Crippen LogP contribution >= 0.6 is 0 Å². The minimum Gasteiger partial charge on any atom is -0.383 e. The molecule has 0 aliphatic heterocycles. The molecule has 6 nitrogen and oxygen atoms in total. The maximum Gasteiger partial charge on any atom is 0.315 e. The molecule has 0 bridgehead atoms. The van der Waals surface area contributed by atoms with Crippen molar-refractivity contribution in [3.05, 3.63) is 18.0 Å². The van der Waals surface area contributed by atoms with Gasteiger partial charge in [0.1, 0.15) is 5.60 Å². The number of aliphatic hydroxyl groups is 1. The Morgan fingerprint density at radius 2 is 2.13 bits per heavy atom. The molecule has 1 heterocycles. The van der Waals surface area contributed by atoms with Gasteiger partial charge in [-0.1, -0.05) is 19.8 Å². The predicted octanol–water partition coefficient (Wildman–Crippen LogP) is 2.29. The topological polar surface area (TPSA) is 79.2 Å². The second kappa shape index (κ2) is 7.81. The van der Waals surface area contributed by atoms with Gasteiger partial charge in [0.05, 0.1) is 12.7 Å². The molecule has 23 heavy (non-hydrogen) atoms. The van der Waals surface area contributed by atoms with Crippen molar-refractivity contribution >= 4 is 6.03 Å². The van der Waals surface area contributed by atoms with Gasteiger partial charge in [0.25, 0.3) is 0 Å². The van der Waals surface area contributed by atoms with E-state index < -0.39 is 5.60 Å². The van der Waals surface area contributed by atoms with Gasteiger partial charge in [0, 0.05) is 24.8 Å². The molecule has 1 fully saturated rings. The van der Waals surface area contributed by atoms with Gasteiger partial charge in [-0.05, 0) is 38.5 Å². The van der Waals surface area contributed by atoms with Crippen LogP contribution in [0.2, 0.25) is 0 Å². The third-order valence-electron chi connectivity index (χ3n) is 4.80. The summed E-state index contributed by atoms with van der Waals surface area (Å²) < 4.78 is 1.64. The Bertz CT molecular complexity index is 504.